The molecule has 0 aliphatic heterocycles. The molecule has 0 saturated heterocycles. The van der Waals surface area contributed by atoms with Gasteiger partial charge in [-0.05, 0) is 38.3 Å². The third-order valence-electron chi connectivity index (χ3n) is 1.90. The minimum atomic E-state index is 0.496. The van der Waals surface area contributed by atoms with Crippen molar-refractivity contribution in [1.82, 2.24) is 0 Å². The Balaban J connectivity index is 2.70. The fourth-order valence-electron chi connectivity index (χ4n) is 1.30. The van der Waals surface area contributed by atoms with Crippen LogP contribution in [-0.2, 0) is 6.42 Å². The first-order valence-corrected chi connectivity index (χ1v) is 5.51. The molecule has 0 saturated carbocycles. The van der Waals surface area contributed by atoms with Crippen LogP contribution in [0.4, 0.5) is 0 Å². The smallest absolute Gasteiger partial charge is 0.0670 e. The van der Waals surface area contributed by atoms with Gasteiger partial charge in [0.25, 0.3) is 0 Å². The topological polar surface area (TPSA) is 23.8 Å². The number of hydrogen-bond donors (Lipinski definition) is 0. The second-order valence-electron chi connectivity index (χ2n) is 2.71. The van der Waals surface area contributed by atoms with Crippen LogP contribution in [0.15, 0.2) is 28.1 Å². The van der Waals surface area contributed by atoms with Gasteiger partial charge in [-0.1, -0.05) is 12.1 Å². The number of fused-ring (bicyclic) bond motifs is 1. The van der Waals surface area contributed by atoms with Crippen molar-refractivity contribution in [2.75, 3.05) is 0 Å². The van der Waals surface area contributed by atoms with E-state index in [-0.39, 0.29) is 0 Å². The Morgan fingerprint density at radius 1 is 1.46 bits per heavy atom. The van der Waals surface area contributed by atoms with E-state index in [0.717, 1.165) is 10.0 Å². The van der Waals surface area contributed by atoms with Crippen LogP contribution in [0.2, 0.25) is 0 Å². The number of benzene rings is 1. The van der Waals surface area contributed by atoms with Crippen molar-refractivity contribution >= 4 is 37.4 Å². The molecule has 0 spiro atoms. The van der Waals surface area contributed by atoms with Crippen LogP contribution in [0.5, 0.6) is 0 Å². The zero-order valence-corrected chi connectivity index (χ0v) is 9.15. The summed E-state index contributed by atoms with van der Waals surface area (Å²) in [5.41, 5.74) is 1.13. The summed E-state index contributed by atoms with van der Waals surface area (Å²) in [5, 5.41) is 11.9. The molecule has 0 fully saturated rings. The van der Waals surface area contributed by atoms with Crippen molar-refractivity contribution < 1.29 is 0 Å². The summed E-state index contributed by atoms with van der Waals surface area (Å²) >= 11 is 5.17. The van der Waals surface area contributed by atoms with Gasteiger partial charge in [-0.15, -0.1) is 11.3 Å². The predicted molar refractivity (Wildman–Crippen MR) is 58.8 cm³/mol. The molecule has 0 bridgehead atoms. The molecule has 0 N–H and O–H groups in total. The Hall–Kier alpha value is -0.850. The van der Waals surface area contributed by atoms with Crippen molar-refractivity contribution in [1.29, 1.82) is 5.26 Å². The monoisotopic (exact) mass is 251 g/mol. The Kier molecular flexibility index (Phi) is 2.34. The van der Waals surface area contributed by atoms with Gasteiger partial charge in [-0.3, -0.25) is 0 Å². The first-order chi connectivity index (χ1) is 6.33. The third-order valence-corrected chi connectivity index (χ3v) is 3.90. The normalized spacial score (nSPS) is 10.2. The van der Waals surface area contributed by atoms with Gasteiger partial charge in [0.2, 0.25) is 0 Å². The minimum Gasteiger partial charge on any atom is -0.198 e. The molecular weight excluding hydrogens is 246 g/mol. The molecule has 0 atom stereocenters. The quantitative estimate of drug-likeness (QED) is 0.758. The van der Waals surface area contributed by atoms with Gasteiger partial charge in [0.1, 0.15) is 0 Å². The highest BCUT2D eigenvalue weighted by Gasteiger charge is 2.05. The summed E-state index contributed by atoms with van der Waals surface area (Å²) in [6.45, 7) is 0. The second kappa shape index (κ2) is 3.49. The van der Waals surface area contributed by atoms with E-state index in [9.17, 15) is 0 Å². The number of nitriles is 1. The largest absolute Gasteiger partial charge is 0.198 e. The zero-order valence-electron chi connectivity index (χ0n) is 6.75. The van der Waals surface area contributed by atoms with E-state index >= 15 is 0 Å². The molecule has 2 rings (SSSR count). The van der Waals surface area contributed by atoms with Crippen molar-refractivity contribution in [2.45, 2.75) is 6.42 Å². The predicted octanol–water partition coefficient (Wildman–Crippen LogP) is 3.73. The Morgan fingerprint density at radius 2 is 2.31 bits per heavy atom. The summed E-state index contributed by atoms with van der Waals surface area (Å²) in [6, 6.07) is 8.25. The SMILES string of the molecule is N#CCc1csc2c(Br)cccc12. The maximum Gasteiger partial charge on any atom is 0.0670 e. The first-order valence-electron chi connectivity index (χ1n) is 3.84. The summed E-state index contributed by atoms with van der Waals surface area (Å²) in [5.74, 6) is 0. The van der Waals surface area contributed by atoms with E-state index in [1.807, 2.05) is 12.1 Å². The van der Waals surface area contributed by atoms with Crippen molar-refractivity contribution in [3.63, 3.8) is 0 Å². The molecule has 1 aromatic carbocycles. The second-order valence-corrected chi connectivity index (χ2v) is 4.45. The van der Waals surface area contributed by atoms with Gasteiger partial charge in [-0.2, -0.15) is 5.26 Å². The van der Waals surface area contributed by atoms with E-state index in [1.165, 1.54) is 10.1 Å². The third kappa shape index (κ3) is 1.48. The van der Waals surface area contributed by atoms with E-state index < -0.39 is 0 Å². The highest BCUT2D eigenvalue weighted by molar-refractivity contribution is 9.10. The van der Waals surface area contributed by atoms with Crippen LogP contribution < -0.4 is 0 Å². The van der Waals surface area contributed by atoms with Crippen LogP contribution in [0.3, 0.4) is 0 Å². The van der Waals surface area contributed by atoms with E-state index in [4.69, 9.17) is 5.26 Å². The maximum atomic E-state index is 8.61. The number of hydrogen-bond acceptors (Lipinski definition) is 2. The van der Waals surface area contributed by atoms with Gasteiger partial charge in [0.05, 0.1) is 12.5 Å². The molecule has 2 aromatic rings. The molecule has 0 unspecified atom stereocenters. The van der Waals surface area contributed by atoms with Crippen LogP contribution in [-0.4, -0.2) is 0 Å². The van der Waals surface area contributed by atoms with Crippen molar-refractivity contribution in [2.24, 2.45) is 0 Å². The van der Waals surface area contributed by atoms with Gasteiger partial charge in [0.15, 0.2) is 0 Å². The molecule has 13 heavy (non-hydrogen) atoms. The maximum absolute atomic E-state index is 8.61. The fourth-order valence-corrected chi connectivity index (χ4v) is 2.92. The van der Waals surface area contributed by atoms with E-state index in [0.29, 0.717) is 6.42 Å². The van der Waals surface area contributed by atoms with Crippen molar-refractivity contribution in [3.8, 4) is 6.07 Å². The summed E-state index contributed by atoms with van der Waals surface area (Å²) in [6.07, 6.45) is 0.496. The van der Waals surface area contributed by atoms with Crippen molar-refractivity contribution in [3.05, 3.63) is 33.6 Å². The molecule has 1 heterocycles. The van der Waals surface area contributed by atoms with Gasteiger partial charge >= 0.3 is 0 Å². The highest BCUT2D eigenvalue weighted by atomic mass is 79.9. The average Bonchev–Trinajstić information content (AvgIpc) is 2.51. The Labute approximate surface area is 88.7 Å². The molecule has 3 heteroatoms. The number of rotatable bonds is 1. The standard InChI is InChI=1S/C10H6BrNS/c11-9-3-1-2-8-7(4-5-12)6-13-10(8)9/h1-3,6H,4H2. The number of halogens is 1. The summed E-state index contributed by atoms with van der Waals surface area (Å²) in [7, 11) is 0. The number of thiophene rings is 1. The molecule has 0 amide bonds. The highest BCUT2D eigenvalue weighted by Crippen LogP contribution is 2.32. The molecule has 64 valence electrons. The van der Waals surface area contributed by atoms with E-state index in [2.05, 4.69) is 33.4 Å². The molecular formula is C10H6BrNS. The fraction of sp³-hybridized carbons (Fsp3) is 0.100. The lowest BCUT2D eigenvalue weighted by atomic mass is 10.1. The summed E-state index contributed by atoms with van der Waals surface area (Å²) < 4.78 is 2.34. The average molecular weight is 252 g/mol. The Bertz CT molecular complexity index is 481. The number of nitrogens with zero attached hydrogens (tertiary/aromatic N) is 1. The lowest BCUT2D eigenvalue weighted by Crippen LogP contribution is -1.76. The molecule has 1 nitrogen and oxygen atoms in total. The molecule has 1 aromatic heterocycles. The molecule has 0 aliphatic carbocycles. The van der Waals surface area contributed by atoms with Gasteiger partial charge in [-0.25, -0.2) is 0 Å². The molecule has 0 radical (unpaired) electrons. The minimum absolute atomic E-state index is 0.496. The zero-order chi connectivity index (χ0) is 9.26. The van der Waals surface area contributed by atoms with Gasteiger partial charge < -0.3 is 0 Å². The molecule has 0 aliphatic rings. The lowest BCUT2D eigenvalue weighted by Gasteiger charge is -1.93. The first kappa shape index (κ1) is 8.74. The van der Waals surface area contributed by atoms with Crippen LogP contribution in [0.1, 0.15) is 5.56 Å². The van der Waals surface area contributed by atoms with E-state index in [1.54, 1.807) is 11.3 Å². The van der Waals surface area contributed by atoms with Gasteiger partial charge in [0, 0.05) is 9.17 Å². The van der Waals surface area contributed by atoms with Crippen LogP contribution in [0, 0.1) is 11.3 Å². The van der Waals surface area contributed by atoms with Crippen LogP contribution in [0.25, 0.3) is 10.1 Å². The lowest BCUT2D eigenvalue weighted by molar-refractivity contribution is 1.30. The summed E-state index contributed by atoms with van der Waals surface area (Å²) in [4.78, 5) is 0. The Morgan fingerprint density at radius 3 is 3.08 bits per heavy atom. The van der Waals surface area contributed by atoms with Crippen LogP contribution >= 0.6 is 27.3 Å².